The zero-order valence-electron chi connectivity index (χ0n) is 40.6. The van der Waals surface area contributed by atoms with Crippen LogP contribution in [0.4, 0.5) is 0 Å². The van der Waals surface area contributed by atoms with E-state index < -0.39 is 8.07 Å². The lowest BCUT2D eigenvalue weighted by atomic mass is 9.80. The summed E-state index contributed by atoms with van der Waals surface area (Å²) in [5, 5.41) is 0. The van der Waals surface area contributed by atoms with E-state index in [0.29, 0.717) is 34.8 Å². The van der Waals surface area contributed by atoms with Gasteiger partial charge in [0.25, 0.3) is 0 Å². The zero-order chi connectivity index (χ0) is 43.8. The highest BCUT2D eigenvalue weighted by Crippen LogP contribution is 2.58. The first-order valence-electron chi connectivity index (χ1n) is 22.5. The predicted octanol–water partition coefficient (Wildman–Crippen LogP) is 16.6. The first-order chi connectivity index (χ1) is 27.3. The maximum Gasteiger partial charge on any atom is 0.131 e. The minimum absolute atomic E-state index is 0.111. The van der Waals surface area contributed by atoms with Crippen LogP contribution in [0, 0.1) is 0 Å². The summed E-state index contributed by atoms with van der Waals surface area (Å²) in [7, 11) is 1.49. The molecule has 0 aromatic heterocycles. The molecule has 2 atom stereocenters. The van der Waals surface area contributed by atoms with Gasteiger partial charge in [0.05, 0.1) is 22.3 Å². The predicted molar refractivity (Wildman–Crippen MR) is 261 cm³/mol. The Kier molecular flexibility index (Phi) is 12.0. The third kappa shape index (κ3) is 7.95. The molecule has 0 spiro atoms. The van der Waals surface area contributed by atoms with Gasteiger partial charge in [0.1, 0.15) is 11.5 Å². The maximum absolute atomic E-state index is 6.53. The molecule has 6 rings (SSSR count). The molecule has 4 aromatic carbocycles. The van der Waals surface area contributed by atoms with Gasteiger partial charge in [-0.05, 0) is 104 Å². The number of allylic oxidation sites excluding steroid dienone is 2. The van der Waals surface area contributed by atoms with Crippen molar-refractivity contribution in [3.8, 4) is 33.8 Å². The van der Waals surface area contributed by atoms with E-state index in [0.717, 1.165) is 11.5 Å². The molecule has 4 aromatic rings. The molecule has 2 aliphatic carbocycles. The number of methoxy groups -OCH3 is 2. The van der Waals surface area contributed by atoms with Crippen molar-refractivity contribution < 1.29 is 9.47 Å². The topological polar surface area (TPSA) is 18.5 Å². The third-order valence-electron chi connectivity index (χ3n) is 13.7. The Morgan fingerprint density at radius 3 is 1.00 bits per heavy atom. The molecule has 0 radical (unpaired) electrons. The molecule has 2 nitrogen and oxygen atoms in total. The summed E-state index contributed by atoms with van der Waals surface area (Å²) in [6, 6.07) is 19.7. The molecule has 0 bridgehead atoms. The molecule has 0 heterocycles. The molecular formula is C56H76O2Si. The van der Waals surface area contributed by atoms with Crippen LogP contribution in [-0.2, 0) is 10.8 Å². The quantitative estimate of drug-likeness (QED) is 0.149. The van der Waals surface area contributed by atoms with Gasteiger partial charge in [-0.3, -0.25) is 0 Å². The zero-order valence-corrected chi connectivity index (χ0v) is 41.6. The second kappa shape index (κ2) is 15.9. The molecule has 59 heavy (non-hydrogen) atoms. The van der Waals surface area contributed by atoms with Crippen LogP contribution in [0.15, 0.2) is 59.7 Å². The van der Waals surface area contributed by atoms with E-state index in [-0.39, 0.29) is 10.8 Å². The highest BCUT2D eigenvalue weighted by atomic mass is 28.3. The molecule has 0 amide bonds. The summed E-state index contributed by atoms with van der Waals surface area (Å²) in [6.07, 6.45) is 5.08. The second-order valence-corrected chi connectivity index (χ2v) is 26.8. The van der Waals surface area contributed by atoms with E-state index in [9.17, 15) is 0 Å². The second-order valence-electron chi connectivity index (χ2n) is 22.0. The van der Waals surface area contributed by atoms with Crippen molar-refractivity contribution in [2.75, 3.05) is 14.2 Å². The Morgan fingerprint density at radius 2 is 0.763 bits per heavy atom. The van der Waals surface area contributed by atoms with Gasteiger partial charge in [0.2, 0.25) is 0 Å². The number of hydrogen-bond donors (Lipinski definition) is 0. The standard InChI is InChI=1S/C56H76O2Si/c1-31(2)37-23-38(32(3)4)26-41(25-37)49-43-21-35(9)53(45(43)29-47(51(49)57-17)55(11,12)13)59(19,20)54-36(10)22-44-46(54)30-48(56(14,15)16)52(58-18)50(44)42-27-39(33(5)6)24-40(28-42)34(7)8/h21-34,53-54H,1-20H3. The van der Waals surface area contributed by atoms with E-state index >= 15 is 0 Å². The molecule has 3 heteroatoms. The van der Waals surface area contributed by atoms with Crippen molar-refractivity contribution in [3.05, 3.63) is 115 Å². The van der Waals surface area contributed by atoms with E-state index in [2.05, 4.69) is 185 Å². The number of rotatable bonds is 10. The lowest BCUT2D eigenvalue weighted by molar-refractivity contribution is 0.399. The summed E-state index contributed by atoms with van der Waals surface area (Å²) in [5.41, 5.74) is 22.3. The summed E-state index contributed by atoms with van der Waals surface area (Å²) < 4.78 is 13.1. The van der Waals surface area contributed by atoms with Crippen LogP contribution in [0.3, 0.4) is 0 Å². The molecule has 0 fully saturated rings. The monoisotopic (exact) mass is 809 g/mol. The number of hydrogen-bond acceptors (Lipinski definition) is 2. The fraction of sp³-hybridized carbons (Fsp3) is 0.500. The van der Waals surface area contributed by atoms with Crippen molar-refractivity contribution in [1.82, 2.24) is 0 Å². The van der Waals surface area contributed by atoms with Crippen molar-refractivity contribution in [2.24, 2.45) is 0 Å². The van der Waals surface area contributed by atoms with Gasteiger partial charge in [-0.1, -0.05) is 182 Å². The smallest absolute Gasteiger partial charge is 0.131 e. The first kappa shape index (κ1) is 44.7. The van der Waals surface area contributed by atoms with Crippen LogP contribution < -0.4 is 9.47 Å². The molecule has 0 saturated carbocycles. The minimum atomic E-state index is -2.27. The van der Waals surface area contributed by atoms with E-state index in [1.54, 1.807) is 0 Å². The van der Waals surface area contributed by atoms with Gasteiger partial charge < -0.3 is 9.47 Å². The third-order valence-corrected chi connectivity index (χ3v) is 18.2. The average molecular weight is 809 g/mol. The van der Waals surface area contributed by atoms with E-state index in [1.165, 1.54) is 89.0 Å². The Morgan fingerprint density at radius 1 is 0.475 bits per heavy atom. The number of ether oxygens (including phenoxy) is 2. The molecular weight excluding hydrogens is 733 g/mol. The van der Waals surface area contributed by atoms with Crippen LogP contribution in [0.1, 0.15) is 201 Å². The normalized spacial score (nSPS) is 16.9. The summed E-state index contributed by atoms with van der Waals surface area (Å²) in [4.78, 5) is 0. The minimum Gasteiger partial charge on any atom is -0.496 e. The van der Waals surface area contributed by atoms with Crippen LogP contribution in [0.5, 0.6) is 11.5 Å². The molecule has 2 aliphatic rings. The van der Waals surface area contributed by atoms with Crippen LogP contribution in [0.2, 0.25) is 13.1 Å². The number of benzene rings is 4. The average Bonchev–Trinajstić information content (AvgIpc) is 3.67. The summed E-state index contributed by atoms with van der Waals surface area (Å²) in [5.74, 6) is 3.76. The number of fused-ring (bicyclic) bond motifs is 2. The molecule has 0 N–H and O–H groups in total. The molecule has 316 valence electrons. The van der Waals surface area contributed by atoms with Gasteiger partial charge in [0, 0.05) is 33.3 Å². The Bertz CT molecular complexity index is 2110. The van der Waals surface area contributed by atoms with Gasteiger partial charge in [0.15, 0.2) is 0 Å². The highest BCUT2D eigenvalue weighted by Gasteiger charge is 2.49. The Labute approximate surface area is 360 Å². The molecule has 0 aliphatic heterocycles. The van der Waals surface area contributed by atoms with E-state index in [1.807, 2.05) is 14.2 Å². The SMILES string of the molecule is COc1c(C(C)(C)C)cc2c(c1-c1cc(C(C)C)cc(C(C)C)c1)C=C(C)C2[Si](C)(C)C1C(C)=Cc2c1cc(C(C)(C)C)c(OC)c2-c1cc(C(C)C)cc(C(C)C)c1. The van der Waals surface area contributed by atoms with E-state index in [4.69, 9.17) is 9.47 Å². The van der Waals surface area contributed by atoms with Crippen molar-refractivity contribution in [1.29, 1.82) is 0 Å². The lowest BCUT2D eigenvalue weighted by Crippen LogP contribution is -2.42. The Hall–Kier alpha value is -3.82. The van der Waals surface area contributed by atoms with Gasteiger partial charge in [-0.25, -0.2) is 0 Å². The van der Waals surface area contributed by atoms with Crippen molar-refractivity contribution in [3.63, 3.8) is 0 Å². The Balaban J connectivity index is 1.65. The fourth-order valence-electron chi connectivity index (χ4n) is 10.5. The van der Waals surface area contributed by atoms with Crippen molar-refractivity contribution >= 4 is 20.2 Å². The summed E-state index contributed by atoms with van der Waals surface area (Å²) in [6.45, 7) is 42.8. The largest absolute Gasteiger partial charge is 0.496 e. The molecule has 0 saturated heterocycles. The van der Waals surface area contributed by atoms with Gasteiger partial charge >= 0.3 is 0 Å². The van der Waals surface area contributed by atoms with Crippen molar-refractivity contribution in [2.45, 2.75) is 169 Å². The van der Waals surface area contributed by atoms with Gasteiger partial charge in [-0.15, -0.1) is 0 Å². The summed E-state index contributed by atoms with van der Waals surface area (Å²) >= 11 is 0. The van der Waals surface area contributed by atoms with Crippen LogP contribution in [0.25, 0.3) is 34.4 Å². The first-order valence-corrected chi connectivity index (χ1v) is 25.7. The maximum atomic E-state index is 6.53. The van der Waals surface area contributed by atoms with Gasteiger partial charge in [-0.2, -0.15) is 0 Å². The lowest BCUT2D eigenvalue weighted by Gasteiger charge is -2.40. The highest BCUT2D eigenvalue weighted by molar-refractivity contribution is 6.81. The van der Waals surface area contributed by atoms with Crippen LogP contribution >= 0.6 is 0 Å². The fourth-order valence-corrected chi connectivity index (χ4v) is 15.5. The molecule has 2 unspecified atom stereocenters. The van der Waals surface area contributed by atoms with Crippen LogP contribution in [-0.4, -0.2) is 22.3 Å².